The van der Waals surface area contributed by atoms with Crippen LogP contribution in [0.2, 0.25) is 0 Å². The molecule has 0 saturated carbocycles. The molecule has 8 heteroatoms. The lowest BCUT2D eigenvalue weighted by Crippen LogP contribution is -2.23. The summed E-state index contributed by atoms with van der Waals surface area (Å²) < 4.78 is 2.66. The van der Waals surface area contributed by atoms with Crippen molar-refractivity contribution in [2.75, 3.05) is 10.2 Å². The number of hydrogen-bond acceptors (Lipinski definition) is 5. The number of alkyl halides is 1. The molecular formula is C25H28IN5O2. The van der Waals surface area contributed by atoms with Gasteiger partial charge in [-0.05, 0) is 42.2 Å². The summed E-state index contributed by atoms with van der Waals surface area (Å²) >= 11 is 2.05. The summed E-state index contributed by atoms with van der Waals surface area (Å²) in [7, 11) is 0. The number of fused-ring (bicyclic) bond motifs is 3. The summed E-state index contributed by atoms with van der Waals surface area (Å²) in [5, 5.41) is 13.8. The second-order valence-electron chi connectivity index (χ2n) is 8.29. The van der Waals surface area contributed by atoms with Gasteiger partial charge >= 0.3 is 0 Å². The van der Waals surface area contributed by atoms with E-state index in [2.05, 4.69) is 21.8 Å². The number of aryl methyl sites for hydroxylation is 2. The molecule has 4 aromatic rings. The van der Waals surface area contributed by atoms with Crippen LogP contribution in [0.4, 0.5) is 5.82 Å². The molecule has 1 amide bonds. The number of phenolic OH excluding ortho intramolecular Hbond substituents is 1. The Hall–Kier alpha value is -2.88. The van der Waals surface area contributed by atoms with E-state index in [-0.39, 0.29) is 5.91 Å². The van der Waals surface area contributed by atoms with Crippen molar-refractivity contribution >= 4 is 56.3 Å². The van der Waals surface area contributed by atoms with E-state index in [0.717, 1.165) is 63.7 Å². The minimum Gasteiger partial charge on any atom is -0.508 e. The molecule has 2 aromatic carbocycles. The number of amides is 1. The van der Waals surface area contributed by atoms with Gasteiger partial charge in [-0.15, -0.1) is 0 Å². The third-order valence-corrected chi connectivity index (χ3v) is 6.51. The molecule has 4 rings (SSSR count). The summed E-state index contributed by atoms with van der Waals surface area (Å²) in [5.74, 6) is 1.68. The fourth-order valence-electron chi connectivity index (χ4n) is 4.06. The Bertz CT molecular complexity index is 1330. The lowest BCUT2D eigenvalue weighted by Gasteiger charge is -2.13. The second-order valence-corrected chi connectivity index (χ2v) is 9.06. The van der Waals surface area contributed by atoms with Crippen molar-refractivity contribution in [3.05, 3.63) is 58.9 Å². The van der Waals surface area contributed by atoms with Gasteiger partial charge in [-0.3, -0.25) is 4.79 Å². The van der Waals surface area contributed by atoms with E-state index in [1.807, 2.05) is 59.8 Å². The largest absolute Gasteiger partial charge is 0.508 e. The normalized spacial score (nSPS) is 11.4. The Kier molecular flexibility index (Phi) is 7.02. The van der Waals surface area contributed by atoms with Gasteiger partial charge in [0.05, 0.1) is 15.5 Å². The van der Waals surface area contributed by atoms with Crippen molar-refractivity contribution < 1.29 is 9.90 Å². The Balaban J connectivity index is 1.85. The van der Waals surface area contributed by atoms with Crippen LogP contribution < -0.4 is 11.1 Å². The molecule has 7 nitrogen and oxygen atoms in total. The van der Waals surface area contributed by atoms with E-state index in [0.29, 0.717) is 29.1 Å². The van der Waals surface area contributed by atoms with Gasteiger partial charge in [-0.25, -0.2) is 9.97 Å². The average molecular weight is 557 g/mol. The Morgan fingerprint density at radius 1 is 1.18 bits per heavy atom. The van der Waals surface area contributed by atoms with Crippen LogP contribution in [0.15, 0.2) is 36.4 Å². The minimum absolute atomic E-state index is 0.00135. The molecule has 0 unspecified atom stereocenters. The van der Waals surface area contributed by atoms with Crippen molar-refractivity contribution in [1.82, 2.24) is 19.9 Å². The molecule has 0 atom stereocenters. The van der Waals surface area contributed by atoms with E-state index in [4.69, 9.17) is 10.7 Å². The van der Waals surface area contributed by atoms with Gasteiger partial charge in [0.1, 0.15) is 17.1 Å². The Morgan fingerprint density at radius 3 is 2.70 bits per heavy atom. The van der Waals surface area contributed by atoms with Gasteiger partial charge in [0.25, 0.3) is 0 Å². The molecule has 4 N–H and O–H groups in total. The van der Waals surface area contributed by atoms with E-state index in [9.17, 15) is 9.90 Å². The predicted molar refractivity (Wildman–Crippen MR) is 141 cm³/mol. The van der Waals surface area contributed by atoms with Crippen LogP contribution in [0.5, 0.6) is 5.75 Å². The lowest BCUT2D eigenvalue weighted by molar-refractivity contribution is -0.118. The van der Waals surface area contributed by atoms with Gasteiger partial charge in [-0.2, -0.15) is 0 Å². The first-order valence-electron chi connectivity index (χ1n) is 11.1. The van der Waals surface area contributed by atoms with E-state index in [1.54, 1.807) is 6.07 Å². The molecule has 33 heavy (non-hydrogen) atoms. The van der Waals surface area contributed by atoms with Crippen LogP contribution in [-0.4, -0.2) is 30.0 Å². The fraction of sp³-hybridized carbons (Fsp3) is 0.320. The van der Waals surface area contributed by atoms with Gasteiger partial charge in [0, 0.05) is 24.9 Å². The lowest BCUT2D eigenvalue weighted by atomic mass is 10.1. The predicted octanol–water partition coefficient (Wildman–Crippen LogP) is 4.62. The number of aromatic nitrogens is 3. The summed E-state index contributed by atoms with van der Waals surface area (Å²) in [5.41, 5.74) is 11.7. The fourth-order valence-corrected chi connectivity index (χ4v) is 4.33. The average Bonchev–Trinajstić information content (AvgIpc) is 3.17. The van der Waals surface area contributed by atoms with Crippen molar-refractivity contribution in [3.8, 4) is 5.75 Å². The number of hydrogen-bond donors (Lipinski definition) is 3. The van der Waals surface area contributed by atoms with Gasteiger partial charge in [0.15, 0.2) is 5.82 Å². The number of phenols is 1. The number of carbonyl (C=O) groups excluding carboxylic acids is 1. The van der Waals surface area contributed by atoms with E-state index in [1.165, 1.54) is 0 Å². The number of halogens is 1. The quantitative estimate of drug-likeness (QED) is 0.217. The molecule has 0 aliphatic rings. The van der Waals surface area contributed by atoms with Crippen LogP contribution in [-0.2, 0) is 24.3 Å². The summed E-state index contributed by atoms with van der Waals surface area (Å²) in [6.45, 7) is 5.15. The SMILES string of the molecule is CCCCc1nc2c(N)nc3cc(CNC(=O)CI)ccc3c2n1Cc1ccc(O)c(C)c1. The number of benzene rings is 2. The highest BCUT2D eigenvalue weighted by molar-refractivity contribution is 14.1. The maximum absolute atomic E-state index is 11.6. The number of rotatable bonds is 8. The molecule has 2 heterocycles. The Morgan fingerprint density at radius 2 is 1.97 bits per heavy atom. The zero-order valence-electron chi connectivity index (χ0n) is 18.9. The van der Waals surface area contributed by atoms with Crippen molar-refractivity contribution in [3.63, 3.8) is 0 Å². The second kappa shape index (κ2) is 9.94. The van der Waals surface area contributed by atoms with Gasteiger partial charge in [-0.1, -0.05) is 60.2 Å². The van der Waals surface area contributed by atoms with Crippen molar-refractivity contribution in [2.45, 2.75) is 46.2 Å². The van der Waals surface area contributed by atoms with Crippen LogP contribution >= 0.6 is 22.6 Å². The molecule has 0 aliphatic heterocycles. The van der Waals surface area contributed by atoms with Crippen molar-refractivity contribution in [2.24, 2.45) is 0 Å². The molecule has 0 radical (unpaired) electrons. The molecule has 2 aromatic heterocycles. The number of nitrogen functional groups attached to an aromatic ring is 1. The van der Waals surface area contributed by atoms with Gasteiger partial charge < -0.3 is 20.7 Å². The number of nitrogens with one attached hydrogen (secondary N) is 1. The number of aromatic hydroxyl groups is 1. The topological polar surface area (TPSA) is 106 Å². The molecule has 0 aliphatic carbocycles. The summed E-state index contributed by atoms with van der Waals surface area (Å²) in [4.78, 5) is 21.2. The third-order valence-electron chi connectivity index (χ3n) is 5.81. The Labute approximate surface area is 206 Å². The first kappa shape index (κ1) is 23.3. The number of nitrogens with zero attached hydrogens (tertiary/aromatic N) is 3. The zero-order chi connectivity index (χ0) is 23.5. The van der Waals surface area contributed by atoms with E-state index < -0.39 is 0 Å². The maximum atomic E-state index is 11.6. The van der Waals surface area contributed by atoms with Crippen LogP contribution in [0, 0.1) is 6.92 Å². The maximum Gasteiger partial charge on any atom is 0.230 e. The highest BCUT2D eigenvalue weighted by atomic mass is 127. The number of carbonyl (C=O) groups is 1. The highest BCUT2D eigenvalue weighted by Crippen LogP contribution is 2.31. The van der Waals surface area contributed by atoms with E-state index >= 15 is 0 Å². The third kappa shape index (κ3) is 4.90. The number of unbranched alkanes of at least 4 members (excludes halogenated alkanes) is 1. The molecule has 172 valence electrons. The monoisotopic (exact) mass is 557 g/mol. The number of pyridine rings is 1. The van der Waals surface area contributed by atoms with Crippen LogP contribution in [0.3, 0.4) is 0 Å². The first-order chi connectivity index (χ1) is 15.9. The summed E-state index contributed by atoms with van der Waals surface area (Å²) in [6, 6.07) is 11.7. The van der Waals surface area contributed by atoms with Crippen LogP contribution in [0.25, 0.3) is 21.9 Å². The molecular weight excluding hydrogens is 529 g/mol. The summed E-state index contributed by atoms with van der Waals surface area (Å²) in [6.07, 6.45) is 2.95. The van der Waals surface area contributed by atoms with Gasteiger partial charge in [0.2, 0.25) is 5.91 Å². The number of nitrogens with two attached hydrogens (primary N) is 1. The highest BCUT2D eigenvalue weighted by Gasteiger charge is 2.18. The molecule has 0 spiro atoms. The molecule has 0 bridgehead atoms. The molecule has 0 saturated heterocycles. The number of imidazole rings is 1. The zero-order valence-corrected chi connectivity index (χ0v) is 21.0. The number of anilines is 1. The van der Waals surface area contributed by atoms with Crippen LogP contribution in [0.1, 0.15) is 42.3 Å². The minimum atomic E-state index is 0.00135. The first-order valence-corrected chi connectivity index (χ1v) is 12.6. The molecule has 0 fully saturated rings. The van der Waals surface area contributed by atoms with Crippen molar-refractivity contribution in [1.29, 1.82) is 0 Å². The smallest absolute Gasteiger partial charge is 0.230 e. The standard InChI is InChI=1S/C25H28IN5O2/c1-3-4-5-21-30-23-24(31(21)14-17-7-9-20(32)15(2)10-17)18-8-6-16(13-28-22(33)12-26)11-19(18)29-25(23)27/h6-11,32H,3-5,12-14H2,1-2H3,(H2,27,29)(H,28,33).